The Morgan fingerprint density at radius 2 is 2.45 bits per heavy atom. The van der Waals surface area contributed by atoms with Gasteiger partial charge in [-0.2, -0.15) is 0 Å². The van der Waals surface area contributed by atoms with Gasteiger partial charge >= 0.3 is 5.97 Å². The lowest BCUT2D eigenvalue weighted by molar-refractivity contribution is -0.151. The maximum atomic E-state index is 10.8. The average Bonchev–Trinajstić information content (AvgIpc) is 2.06. The topological polar surface area (TPSA) is 40.4 Å². The monoisotopic (exact) mass is 156 g/mol. The standard InChI is InChI=1S/C8H14NO2/c1-2-8(10)11-7-5-3-4-6-9-7/h7H,2-6H2,1H3. The van der Waals surface area contributed by atoms with E-state index in [9.17, 15) is 4.79 Å². The predicted molar refractivity (Wildman–Crippen MR) is 41.0 cm³/mol. The molecule has 0 aromatic rings. The molecular weight excluding hydrogens is 142 g/mol. The molecule has 1 atom stereocenters. The third kappa shape index (κ3) is 2.89. The van der Waals surface area contributed by atoms with E-state index in [0.717, 1.165) is 25.8 Å². The lowest BCUT2D eigenvalue weighted by Gasteiger charge is -2.21. The highest BCUT2D eigenvalue weighted by Gasteiger charge is 2.16. The highest BCUT2D eigenvalue weighted by molar-refractivity contribution is 5.69. The summed E-state index contributed by atoms with van der Waals surface area (Å²) in [6.45, 7) is 2.65. The molecular formula is C8H14NO2. The Bertz CT molecular complexity index is 130. The van der Waals surface area contributed by atoms with Crippen LogP contribution < -0.4 is 5.32 Å². The van der Waals surface area contributed by atoms with E-state index in [-0.39, 0.29) is 12.2 Å². The summed E-state index contributed by atoms with van der Waals surface area (Å²) in [6, 6.07) is 0. The normalized spacial score (nSPS) is 24.6. The fraction of sp³-hybridized carbons (Fsp3) is 0.875. The molecule has 1 heterocycles. The Hall–Kier alpha value is -0.570. The predicted octanol–water partition coefficient (Wildman–Crippen LogP) is 1.05. The van der Waals surface area contributed by atoms with E-state index < -0.39 is 0 Å². The van der Waals surface area contributed by atoms with E-state index in [2.05, 4.69) is 5.32 Å². The first-order chi connectivity index (χ1) is 5.33. The van der Waals surface area contributed by atoms with Gasteiger partial charge in [-0.05, 0) is 19.3 Å². The SMILES string of the molecule is CCC(=O)OC1CCCC[N]1. The van der Waals surface area contributed by atoms with Gasteiger partial charge in [-0.25, -0.2) is 5.32 Å². The van der Waals surface area contributed by atoms with Crippen molar-refractivity contribution in [3.63, 3.8) is 0 Å². The maximum absolute atomic E-state index is 10.8. The zero-order chi connectivity index (χ0) is 8.10. The largest absolute Gasteiger partial charge is 0.445 e. The number of nitrogens with zero attached hydrogens (tertiary/aromatic N) is 1. The van der Waals surface area contributed by atoms with E-state index in [4.69, 9.17) is 4.74 Å². The van der Waals surface area contributed by atoms with Crippen molar-refractivity contribution in [1.82, 2.24) is 5.32 Å². The number of carbonyl (C=O) groups excluding carboxylic acids is 1. The van der Waals surface area contributed by atoms with Crippen LogP contribution in [0.3, 0.4) is 0 Å². The molecule has 0 bridgehead atoms. The van der Waals surface area contributed by atoms with Gasteiger partial charge in [0.25, 0.3) is 0 Å². The fourth-order valence-corrected chi connectivity index (χ4v) is 1.09. The third-order valence-electron chi connectivity index (χ3n) is 1.75. The third-order valence-corrected chi connectivity index (χ3v) is 1.75. The van der Waals surface area contributed by atoms with E-state index in [1.807, 2.05) is 0 Å². The first-order valence-electron chi connectivity index (χ1n) is 4.19. The van der Waals surface area contributed by atoms with Gasteiger partial charge in [0.05, 0.1) is 0 Å². The van der Waals surface area contributed by atoms with Crippen molar-refractivity contribution in [3.05, 3.63) is 0 Å². The number of esters is 1. The van der Waals surface area contributed by atoms with Gasteiger partial charge < -0.3 is 4.74 Å². The Labute approximate surface area is 67.1 Å². The summed E-state index contributed by atoms with van der Waals surface area (Å²) >= 11 is 0. The van der Waals surface area contributed by atoms with E-state index >= 15 is 0 Å². The second-order valence-electron chi connectivity index (χ2n) is 2.70. The average molecular weight is 156 g/mol. The summed E-state index contributed by atoms with van der Waals surface area (Å²) in [5.41, 5.74) is 0. The Morgan fingerprint density at radius 3 is 3.00 bits per heavy atom. The van der Waals surface area contributed by atoms with Crippen LogP contribution in [0.15, 0.2) is 0 Å². The number of piperidine rings is 1. The second-order valence-corrected chi connectivity index (χ2v) is 2.70. The fourth-order valence-electron chi connectivity index (χ4n) is 1.09. The van der Waals surface area contributed by atoms with Crippen LogP contribution in [-0.2, 0) is 9.53 Å². The van der Waals surface area contributed by atoms with Crippen LogP contribution >= 0.6 is 0 Å². The summed E-state index contributed by atoms with van der Waals surface area (Å²) in [4.78, 5) is 10.8. The molecule has 0 aromatic carbocycles. The van der Waals surface area contributed by atoms with Gasteiger partial charge in [-0.1, -0.05) is 6.92 Å². The molecule has 0 saturated carbocycles. The Morgan fingerprint density at radius 1 is 1.64 bits per heavy atom. The molecule has 3 nitrogen and oxygen atoms in total. The van der Waals surface area contributed by atoms with E-state index in [1.165, 1.54) is 0 Å². The molecule has 0 aromatic heterocycles. The van der Waals surface area contributed by atoms with Crippen molar-refractivity contribution in [2.24, 2.45) is 0 Å². The summed E-state index contributed by atoms with van der Waals surface area (Å²) in [6.07, 6.45) is 3.49. The van der Waals surface area contributed by atoms with Crippen LogP contribution in [0.25, 0.3) is 0 Å². The van der Waals surface area contributed by atoms with E-state index in [1.54, 1.807) is 6.92 Å². The molecule has 1 aliphatic heterocycles. The number of ether oxygens (including phenoxy) is 1. The molecule has 1 fully saturated rings. The van der Waals surface area contributed by atoms with Crippen molar-refractivity contribution < 1.29 is 9.53 Å². The summed E-state index contributed by atoms with van der Waals surface area (Å²) in [5.74, 6) is -0.138. The minimum Gasteiger partial charge on any atom is -0.445 e. The Balaban J connectivity index is 2.19. The molecule has 1 aliphatic rings. The lowest BCUT2D eigenvalue weighted by atomic mass is 10.1. The molecule has 0 spiro atoms. The molecule has 1 rings (SSSR count). The van der Waals surface area contributed by atoms with Gasteiger partial charge in [0.15, 0.2) is 6.23 Å². The number of carbonyl (C=O) groups is 1. The minimum atomic E-state index is -0.142. The summed E-state index contributed by atoms with van der Waals surface area (Å²) in [7, 11) is 0. The summed E-state index contributed by atoms with van der Waals surface area (Å²) in [5, 5.41) is 4.17. The molecule has 63 valence electrons. The summed E-state index contributed by atoms with van der Waals surface area (Å²) < 4.78 is 5.03. The maximum Gasteiger partial charge on any atom is 0.307 e. The van der Waals surface area contributed by atoms with Crippen LogP contribution in [0, 0.1) is 0 Å². The van der Waals surface area contributed by atoms with E-state index in [0.29, 0.717) is 6.42 Å². The molecule has 1 saturated heterocycles. The van der Waals surface area contributed by atoms with Crippen LogP contribution in [0.4, 0.5) is 0 Å². The zero-order valence-corrected chi connectivity index (χ0v) is 6.88. The van der Waals surface area contributed by atoms with Gasteiger partial charge in [-0.3, -0.25) is 4.79 Å². The molecule has 1 unspecified atom stereocenters. The number of hydrogen-bond acceptors (Lipinski definition) is 2. The molecule has 11 heavy (non-hydrogen) atoms. The van der Waals surface area contributed by atoms with Gasteiger partial charge in [-0.15, -0.1) is 0 Å². The first kappa shape index (κ1) is 8.53. The van der Waals surface area contributed by atoms with Crippen molar-refractivity contribution in [2.75, 3.05) is 6.54 Å². The van der Waals surface area contributed by atoms with Gasteiger partial charge in [0.1, 0.15) is 0 Å². The quantitative estimate of drug-likeness (QED) is 0.561. The smallest absolute Gasteiger partial charge is 0.307 e. The van der Waals surface area contributed by atoms with Crippen molar-refractivity contribution in [3.8, 4) is 0 Å². The lowest BCUT2D eigenvalue weighted by Crippen LogP contribution is -2.32. The zero-order valence-electron chi connectivity index (χ0n) is 6.88. The Kier molecular flexibility index (Phi) is 3.36. The number of rotatable bonds is 2. The molecule has 0 amide bonds. The molecule has 3 heteroatoms. The second kappa shape index (κ2) is 4.34. The molecule has 1 radical (unpaired) electrons. The van der Waals surface area contributed by atoms with Crippen LogP contribution in [-0.4, -0.2) is 18.7 Å². The van der Waals surface area contributed by atoms with Gasteiger partial charge in [0, 0.05) is 13.0 Å². The molecule has 0 N–H and O–H groups in total. The minimum absolute atomic E-state index is 0.138. The van der Waals surface area contributed by atoms with Crippen molar-refractivity contribution >= 4 is 5.97 Å². The highest BCUT2D eigenvalue weighted by atomic mass is 16.6. The van der Waals surface area contributed by atoms with Crippen LogP contribution in [0.5, 0.6) is 0 Å². The molecule has 0 aliphatic carbocycles. The van der Waals surface area contributed by atoms with Crippen molar-refractivity contribution in [1.29, 1.82) is 0 Å². The van der Waals surface area contributed by atoms with Crippen LogP contribution in [0.1, 0.15) is 32.6 Å². The van der Waals surface area contributed by atoms with Crippen LogP contribution in [0.2, 0.25) is 0 Å². The first-order valence-corrected chi connectivity index (χ1v) is 4.19. The van der Waals surface area contributed by atoms with Gasteiger partial charge in [0.2, 0.25) is 0 Å². The van der Waals surface area contributed by atoms with Crippen molar-refractivity contribution in [2.45, 2.75) is 38.8 Å². The number of hydrogen-bond donors (Lipinski definition) is 0. The highest BCUT2D eigenvalue weighted by Crippen LogP contribution is 2.09.